The Labute approximate surface area is 166 Å². The molecule has 2 aromatic heterocycles. The highest BCUT2D eigenvalue weighted by Gasteiger charge is 2.28. The molecular weight excluding hydrogens is 350 g/mol. The second kappa shape index (κ2) is 8.29. The van der Waals surface area contributed by atoms with Crippen LogP contribution in [0.3, 0.4) is 0 Å². The van der Waals surface area contributed by atoms with E-state index in [9.17, 15) is 0 Å². The van der Waals surface area contributed by atoms with E-state index in [2.05, 4.69) is 40.2 Å². The monoisotopic (exact) mass is 379 g/mol. The van der Waals surface area contributed by atoms with Crippen molar-refractivity contribution in [2.24, 2.45) is 5.73 Å². The zero-order valence-corrected chi connectivity index (χ0v) is 16.7. The van der Waals surface area contributed by atoms with Crippen LogP contribution in [0.15, 0.2) is 42.6 Å². The Hall–Kier alpha value is -2.44. The van der Waals surface area contributed by atoms with E-state index < -0.39 is 0 Å². The Morgan fingerprint density at radius 3 is 2.79 bits per heavy atom. The number of pyridine rings is 1. The van der Waals surface area contributed by atoms with Crippen LogP contribution in [0, 0.1) is 0 Å². The van der Waals surface area contributed by atoms with E-state index >= 15 is 0 Å². The molecule has 1 aliphatic rings. The fourth-order valence-corrected chi connectivity index (χ4v) is 4.02. The maximum Gasteiger partial charge on any atom is 0.158 e. The molecule has 4 rings (SSSR count). The molecule has 0 amide bonds. The summed E-state index contributed by atoms with van der Waals surface area (Å²) in [5.41, 5.74) is 9.18. The normalized spacial score (nSPS) is 17.6. The zero-order valence-electron chi connectivity index (χ0n) is 16.7. The maximum absolute atomic E-state index is 5.75. The van der Waals surface area contributed by atoms with E-state index in [1.165, 1.54) is 11.3 Å². The number of fused-ring (bicyclic) bond motifs is 1. The van der Waals surface area contributed by atoms with E-state index in [1.807, 2.05) is 30.8 Å². The average Bonchev–Trinajstić information content (AvgIpc) is 3.28. The summed E-state index contributed by atoms with van der Waals surface area (Å²) < 4.78 is 7.70. The molecule has 2 N–H and O–H groups in total. The lowest BCUT2D eigenvalue weighted by atomic mass is 10.0. The standard InChI is InChI=1S/C22H29N5O/c1-16(2)28-19-7-5-17(6-8-19)14-26-12-9-18(15-26)21-20-4-3-11-24-22(20)27(25-21)13-10-23/h3-8,11,16,18H,9-10,12-15,23H2,1-2H3. The SMILES string of the molecule is CC(C)Oc1ccc(CN2CCC(c3nn(CCN)c4ncccc34)C2)cc1. The number of ether oxygens (including phenoxy) is 1. The Kier molecular flexibility index (Phi) is 5.59. The highest BCUT2D eigenvalue weighted by molar-refractivity contribution is 5.78. The molecule has 1 unspecified atom stereocenters. The fraction of sp³-hybridized carbons (Fsp3) is 0.455. The molecule has 3 heterocycles. The summed E-state index contributed by atoms with van der Waals surface area (Å²) in [5, 5.41) is 6.04. The number of nitrogens with zero attached hydrogens (tertiary/aromatic N) is 4. The molecule has 0 radical (unpaired) electrons. The second-order valence-electron chi connectivity index (χ2n) is 7.80. The molecular formula is C22H29N5O. The van der Waals surface area contributed by atoms with Crippen LogP contribution >= 0.6 is 0 Å². The number of benzene rings is 1. The van der Waals surface area contributed by atoms with Gasteiger partial charge in [-0.05, 0) is 56.6 Å². The summed E-state index contributed by atoms with van der Waals surface area (Å²) in [4.78, 5) is 7.03. The fourth-order valence-electron chi connectivity index (χ4n) is 4.02. The van der Waals surface area contributed by atoms with E-state index in [4.69, 9.17) is 15.6 Å². The number of rotatable bonds is 7. The van der Waals surface area contributed by atoms with Gasteiger partial charge in [-0.3, -0.25) is 4.90 Å². The van der Waals surface area contributed by atoms with Crippen molar-refractivity contribution in [3.63, 3.8) is 0 Å². The van der Waals surface area contributed by atoms with Crippen molar-refractivity contribution < 1.29 is 4.74 Å². The van der Waals surface area contributed by atoms with E-state index in [0.29, 0.717) is 19.0 Å². The van der Waals surface area contributed by atoms with Gasteiger partial charge in [0.2, 0.25) is 0 Å². The molecule has 28 heavy (non-hydrogen) atoms. The van der Waals surface area contributed by atoms with Gasteiger partial charge in [0, 0.05) is 37.1 Å². The predicted octanol–water partition coefficient (Wildman–Crippen LogP) is 3.17. The van der Waals surface area contributed by atoms with E-state index in [0.717, 1.165) is 42.8 Å². The number of aromatic nitrogens is 3. The van der Waals surface area contributed by atoms with E-state index in [1.54, 1.807) is 0 Å². The third-order valence-electron chi connectivity index (χ3n) is 5.24. The first kappa shape index (κ1) is 18.9. The molecule has 1 saturated heterocycles. The van der Waals surface area contributed by atoms with E-state index in [-0.39, 0.29) is 6.10 Å². The Morgan fingerprint density at radius 1 is 1.21 bits per heavy atom. The first-order chi connectivity index (χ1) is 13.6. The minimum atomic E-state index is 0.202. The maximum atomic E-state index is 5.75. The molecule has 1 atom stereocenters. The smallest absolute Gasteiger partial charge is 0.158 e. The predicted molar refractivity (Wildman–Crippen MR) is 111 cm³/mol. The van der Waals surface area contributed by atoms with Gasteiger partial charge >= 0.3 is 0 Å². The van der Waals surface area contributed by atoms with Crippen LogP contribution in [0.25, 0.3) is 11.0 Å². The minimum absolute atomic E-state index is 0.202. The van der Waals surface area contributed by atoms with Crippen molar-refractivity contribution in [3.8, 4) is 5.75 Å². The van der Waals surface area contributed by atoms with Gasteiger partial charge in [0.05, 0.1) is 18.3 Å². The van der Waals surface area contributed by atoms with Crippen LogP contribution in [0.4, 0.5) is 0 Å². The first-order valence-corrected chi connectivity index (χ1v) is 10.1. The largest absolute Gasteiger partial charge is 0.491 e. The Morgan fingerprint density at radius 2 is 2.04 bits per heavy atom. The van der Waals surface area contributed by atoms with Crippen LogP contribution in [-0.4, -0.2) is 45.4 Å². The van der Waals surface area contributed by atoms with Crippen LogP contribution in [0.2, 0.25) is 0 Å². The lowest BCUT2D eigenvalue weighted by Gasteiger charge is -2.16. The average molecular weight is 380 g/mol. The van der Waals surface area contributed by atoms with Crippen LogP contribution in [0.1, 0.15) is 37.4 Å². The number of hydrogen-bond acceptors (Lipinski definition) is 5. The molecule has 3 aromatic rings. The highest BCUT2D eigenvalue weighted by Crippen LogP contribution is 2.32. The third kappa shape index (κ3) is 4.03. The molecule has 1 aromatic carbocycles. The quantitative estimate of drug-likeness (QED) is 0.683. The summed E-state index contributed by atoms with van der Waals surface area (Å²) >= 11 is 0. The molecule has 0 aliphatic carbocycles. The van der Waals surface area contributed by atoms with Crippen molar-refractivity contribution in [1.29, 1.82) is 0 Å². The van der Waals surface area contributed by atoms with Crippen molar-refractivity contribution in [1.82, 2.24) is 19.7 Å². The van der Waals surface area contributed by atoms with Crippen LogP contribution in [0.5, 0.6) is 5.75 Å². The number of nitrogens with two attached hydrogens (primary N) is 1. The van der Waals surface area contributed by atoms with Crippen molar-refractivity contribution in [2.45, 2.75) is 45.4 Å². The zero-order chi connectivity index (χ0) is 19.5. The van der Waals surface area contributed by atoms with Crippen molar-refractivity contribution >= 4 is 11.0 Å². The van der Waals surface area contributed by atoms with Gasteiger partial charge < -0.3 is 10.5 Å². The lowest BCUT2D eigenvalue weighted by molar-refractivity contribution is 0.242. The van der Waals surface area contributed by atoms with Crippen molar-refractivity contribution in [3.05, 3.63) is 53.9 Å². The van der Waals surface area contributed by atoms with Gasteiger partial charge in [-0.25, -0.2) is 9.67 Å². The van der Waals surface area contributed by atoms with Crippen LogP contribution < -0.4 is 10.5 Å². The number of hydrogen-bond donors (Lipinski definition) is 1. The molecule has 0 spiro atoms. The molecule has 148 valence electrons. The van der Waals surface area contributed by atoms with Gasteiger partial charge in [0.25, 0.3) is 0 Å². The third-order valence-corrected chi connectivity index (χ3v) is 5.24. The summed E-state index contributed by atoms with van der Waals surface area (Å²) in [6, 6.07) is 12.6. The second-order valence-corrected chi connectivity index (χ2v) is 7.80. The van der Waals surface area contributed by atoms with Crippen molar-refractivity contribution in [2.75, 3.05) is 19.6 Å². The summed E-state index contributed by atoms with van der Waals surface area (Å²) in [7, 11) is 0. The van der Waals surface area contributed by atoms with Gasteiger partial charge in [-0.2, -0.15) is 5.10 Å². The van der Waals surface area contributed by atoms with Gasteiger partial charge in [0.15, 0.2) is 5.65 Å². The van der Waals surface area contributed by atoms with Gasteiger partial charge in [0.1, 0.15) is 5.75 Å². The number of likely N-dealkylation sites (tertiary alicyclic amines) is 1. The Balaban J connectivity index is 1.45. The highest BCUT2D eigenvalue weighted by atomic mass is 16.5. The summed E-state index contributed by atoms with van der Waals surface area (Å²) in [6.07, 6.45) is 3.15. The molecule has 1 fully saturated rings. The molecule has 0 bridgehead atoms. The first-order valence-electron chi connectivity index (χ1n) is 10.1. The minimum Gasteiger partial charge on any atom is -0.491 e. The van der Waals surface area contributed by atoms with Gasteiger partial charge in [-0.1, -0.05) is 12.1 Å². The molecule has 0 saturated carbocycles. The van der Waals surface area contributed by atoms with Crippen LogP contribution in [-0.2, 0) is 13.1 Å². The lowest BCUT2D eigenvalue weighted by Crippen LogP contribution is -2.20. The summed E-state index contributed by atoms with van der Waals surface area (Å²) in [6.45, 7) is 8.43. The molecule has 6 heteroatoms. The molecule has 6 nitrogen and oxygen atoms in total. The van der Waals surface area contributed by atoms with Gasteiger partial charge in [-0.15, -0.1) is 0 Å². The summed E-state index contributed by atoms with van der Waals surface area (Å²) in [5.74, 6) is 1.37. The topological polar surface area (TPSA) is 69.2 Å². The Bertz CT molecular complexity index is 918. The molecule has 1 aliphatic heterocycles.